The van der Waals surface area contributed by atoms with Gasteiger partial charge in [-0.05, 0) is 36.4 Å². The molecule has 1 amide bonds. The molecule has 0 aliphatic heterocycles. The van der Waals surface area contributed by atoms with E-state index >= 15 is 0 Å². The quantitative estimate of drug-likeness (QED) is 0.619. The van der Waals surface area contributed by atoms with E-state index in [4.69, 9.17) is 4.74 Å². The summed E-state index contributed by atoms with van der Waals surface area (Å²) in [4.78, 5) is 14.2. The van der Waals surface area contributed by atoms with Gasteiger partial charge in [0.15, 0.2) is 0 Å². The van der Waals surface area contributed by atoms with E-state index in [2.05, 4.69) is 10.0 Å². The molecule has 3 aromatic rings. The van der Waals surface area contributed by atoms with E-state index < -0.39 is 10.0 Å². The van der Waals surface area contributed by atoms with Gasteiger partial charge < -0.3 is 10.1 Å². The molecule has 0 fully saturated rings. The third kappa shape index (κ3) is 4.41. The van der Waals surface area contributed by atoms with Crippen LogP contribution in [0.5, 0.6) is 5.75 Å². The average molecular weight is 417 g/mol. The molecule has 0 unspecified atom stereocenters. The number of rotatable bonds is 7. The van der Waals surface area contributed by atoms with Gasteiger partial charge in [-0.15, -0.1) is 11.3 Å². The number of hydrogen-bond donors (Lipinski definition) is 2. The van der Waals surface area contributed by atoms with Gasteiger partial charge in [0.1, 0.15) is 10.6 Å². The van der Waals surface area contributed by atoms with Gasteiger partial charge in [0.2, 0.25) is 10.0 Å². The molecule has 1 aromatic heterocycles. The second-order valence-corrected chi connectivity index (χ2v) is 8.85. The Balaban J connectivity index is 1.77. The molecule has 0 saturated carbocycles. The Hall–Kier alpha value is -2.68. The van der Waals surface area contributed by atoms with E-state index in [9.17, 15) is 13.2 Å². The summed E-state index contributed by atoms with van der Waals surface area (Å²) in [6, 6.07) is 18.0. The Bertz CT molecular complexity index is 1080. The molecule has 0 saturated heterocycles. The fourth-order valence-corrected chi connectivity index (χ4v) is 4.48. The Kier molecular flexibility index (Phi) is 6.13. The maximum Gasteiger partial charge on any atom is 0.265 e. The first kappa shape index (κ1) is 20.1. The van der Waals surface area contributed by atoms with Gasteiger partial charge in [0, 0.05) is 11.4 Å². The predicted octanol–water partition coefficient (Wildman–Crippen LogP) is 3.26. The SMILES string of the molecule is CNS(=O)(=O)c1cccc(CNC(=O)c2sc(-c3ccccc3)cc2OC)c1. The van der Waals surface area contributed by atoms with Crippen LogP contribution in [0.1, 0.15) is 15.2 Å². The number of ether oxygens (including phenoxy) is 1. The highest BCUT2D eigenvalue weighted by Crippen LogP contribution is 2.36. The number of amides is 1. The fourth-order valence-electron chi connectivity index (χ4n) is 2.63. The standard InChI is InChI=1S/C20H20N2O4S2/c1-21-28(24,25)16-10-6-7-14(11-16)13-22-20(23)19-17(26-2)12-18(27-19)15-8-4-3-5-9-15/h3-12,21H,13H2,1-2H3,(H,22,23). The van der Waals surface area contributed by atoms with Crippen molar-refractivity contribution in [3.8, 4) is 16.2 Å². The zero-order valence-electron chi connectivity index (χ0n) is 15.4. The lowest BCUT2D eigenvalue weighted by Gasteiger charge is -2.08. The summed E-state index contributed by atoms with van der Waals surface area (Å²) in [5, 5.41) is 2.83. The lowest BCUT2D eigenvalue weighted by Crippen LogP contribution is -2.23. The normalized spacial score (nSPS) is 11.2. The molecule has 0 radical (unpaired) electrons. The second-order valence-electron chi connectivity index (χ2n) is 5.91. The van der Waals surface area contributed by atoms with Gasteiger partial charge in [-0.2, -0.15) is 0 Å². The molecular formula is C20H20N2O4S2. The van der Waals surface area contributed by atoms with Gasteiger partial charge >= 0.3 is 0 Å². The van der Waals surface area contributed by atoms with Crippen LogP contribution in [0.4, 0.5) is 0 Å². The van der Waals surface area contributed by atoms with Crippen LogP contribution in [-0.2, 0) is 16.6 Å². The van der Waals surface area contributed by atoms with Crippen molar-refractivity contribution < 1.29 is 17.9 Å². The van der Waals surface area contributed by atoms with Crippen LogP contribution in [0.2, 0.25) is 0 Å². The molecule has 146 valence electrons. The molecule has 0 bridgehead atoms. The molecular weight excluding hydrogens is 396 g/mol. The van der Waals surface area contributed by atoms with Crippen molar-refractivity contribution in [3.05, 3.63) is 71.1 Å². The summed E-state index contributed by atoms with van der Waals surface area (Å²) in [6.07, 6.45) is 0. The van der Waals surface area contributed by atoms with Crippen LogP contribution in [-0.4, -0.2) is 28.5 Å². The lowest BCUT2D eigenvalue weighted by atomic mass is 10.2. The highest BCUT2D eigenvalue weighted by atomic mass is 32.2. The third-order valence-corrected chi connectivity index (χ3v) is 6.69. The van der Waals surface area contributed by atoms with Crippen LogP contribution in [0, 0.1) is 0 Å². The fraction of sp³-hybridized carbons (Fsp3) is 0.150. The summed E-state index contributed by atoms with van der Waals surface area (Å²) in [6.45, 7) is 0.202. The van der Waals surface area contributed by atoms with Crippen molar-refractivity contribution in [2.24, 2.45) is 0 Å². The molecule has 0 spiro atoms. The van der Waals surface area contributed by atoms with E-state index in [1.54, 1.807) is 12.1 Å². The van der Waals surface area contributed by atoms with Gasteiger partial charge in [-0.25, -0.2) is 13.1 Å². The highest BCUT2D eigenvalue weighted by molar-refractivity contribution is 7.89. The Morgan fingerprint density at radius 2 is 1.82 bits per heavy atom. The minimum absolute atomic E-state index is 0.154. The minimum Gasteiger partial charge on any atom is -0.495 e. The van der Waals surface area contributed by atoms with E-state index in [1.807, 2.05) is 36.4 Å². The summed E-state index contributed by atoms with van der Waals surface area (Å²) in [7, 11) is -0.644. The Labute approximate surface area is 168 Å². The average Bonchev–Trinajstić information content (AvgIpc) is 3.17. The molecule has 6 nitrogen and oxygen atoms in total. The van der Waals surface area contributed by atoms with E-state index in [0.717, 1.165) is 10.4 Å². The molecule has 3 rings (SSSR count). The largest absolute Gasteiger partial charge is 0.495 e. The van der Waals surface area contributed by atoms with Gasteiger partial charge in [0.05, 0.1) is 12.0 Å². The molecule has 8 heteroatoms. The summed E-state index contributed by atoms with van der Waals surface area (Å²) in [5.41, 5.74) is 1.69. The van der Waals surface area contributed by atoms with Crippen molar-refractivity contribution in [3.63, 3.8) is 0 Å². The molecule has 0 atom stereocenters. The Morgan fingerprint density at radius 1 is 1.07 bits per heavy atom. The zero-order chi connectivity index (χ0) is 20.1. The lowest BCUT2D eigenvalue weighted by molar-refractivity contribution is 0.0952. The summed E-state index contributed by atoms with van der Waals surface area (Å²) >= 11 is 1.35. The summed E-state index contributed by atoms with van der Waals surface area (Å²) < 4.78 is 31.5. The molecule has 28 heavy (non-hydrogen) atoms. The van der Waals surface area contributed by atoms with Crippen molar-refractivity contribution in [1.82, 2.24) is 10.0 Å². The topological polar surface area (TPSA) is 84.5 Å². The van der Waals surface area contributed by atoms with E-state index in [0.29, 0.717) is 16.2 Å². The van der Waals surface area contributed by atoms with Crippen molar-refractivity contribution in [2.75, 3.05) is 14.2 Å². The summed E-state index contributed by atoms with van der Waals surface area (Å²) in [5.74, 6) is 0.235. The van der Waals surface area contributed by atoms with Crippen LogP contribution < -0.4 is 14.8 Å². The number of carbonyl (C=O) groups excluding carboxylic acids is 1. The van der Waals surface area contributed by atoms with Crippen molar-refractivity contribution in [1.29, 1.82) is 0 Å². The first-order valence-electron chi connectivity index (χ1n) is 8.48. The Morgan fingerprint density at radius 3 is 2.50 bits per heavy atom. The molecule has 2 N–H and O–H groups in total. The third-order valence-electron chi connectivity index (χ3n) is 4.11. The molecule has 0 aliphatic carbocycles. The predicted molar refractivity (Wildman–Crippen MR) is 110 cm³/mol. The van der Waals surface area contributed by atoms with Crippen molar-refractivity contribution in [2.45, 2.75) is 11.4 Å². The second kappa shape index (κ2) is 8.55. The first-order chi connectivity index (χ1) is 13.4. The number of thiophene rings is 1. The van der Waals surface area contributed by atoms with Gasteiger partial charge in [-0.3, -0.25) is 4.79 Å². The van der Waals surface area contributed by atoms with Gasteiger partial charge in [-0.1, -0.05) is 42.5 Å². The number of methoxy groups -OCH3 is 1. The van der Waals surface area contributed by atoms with E-state index in [1.165, 1.54) is 37.6 Å². The number of sulfonamides is 1. The maximum atomic E-state index is 12.7. The first-order valence-corrected chi connectivity index (χ1v) is 10.8. The highest BCUT2D eigenvalue weighted by Gasteiger charge is 2.18. The van der Waals surface area contributed by atoms with Crippen LogP contribution in [0.15, 0.2) is 65.6 Å². The van der Waals surface area contributed by atoms with Crippen LogP contribution in [0.25, 0.3) is 10.4 Å². The van der Waals surface area contributed by atoms with E-state index in [-0.39, 0.29) is 17.3 Å². The van der Waals surface area contributed by atoms with Gasteiger partial charge in [0.25, 0.3) is 5.91 Å². The zero-order valence-corrected chi connectivity index (χ0v) is 17.1. The van der Waals surface area contributed by atoms with Crippen LogP contribution >= 0.6 is 11.3 Å². The molecule has 1 heterocycles. The minimum atomic E-state index is -3.53. The monoisotopic (exact) mass is 416 g/mol. The van der Waals surface area contributed by atoms with Crippen LogP contribution in [0.3, 0.4) is 0 Å². The maximum absolute atomic E-state index is 12.7. The number of benzene rings is 2. The number of hydrogen-bond acceptors (Lipinski definition) is 5. The molecule has 0 aliphatic rings. The van der Waals surface area contributed by atoms with Crippen molar-refractivity contribution >= 4 is 27.3 Å². The molecule has 2 aromatic carbocycles. The number of nitrogens with one attached hydrogen (secondary N) is 2. The smallest absolute Gasteiger partial charge is 0.265 e. The number of carbonyl (C=O) groups is 1.